The molecule has 0 spiro atoms. The van der Waals surface area contributed by atoms with E-state index in [2.05, 4.69) is 4.18 Å². The molecule has 88 valence electrons. The SMILES string of the molecule is Cc1ccc(S(=O)(=O)OC(=O)CCN)cc1. The lowest BCUT2D eigenvalue weighted by Gasteiger charge is -2.04. The Morgan fingerprint density at radius 1 is 1.31 bits per heavy atom. The van der Waals surface area contributed by atoms with Gasteiger partial charge in [-0.1, -0.05) is 17.7 Å². The van der Waals surface area contributed by atoms with E-state index in [4.69, 9.17) is 5.73 Å². The first-order valence-corrected chi connectivity index (χ1v) is 6.10. The van der Waals surface area contributed by atoms with E-state index in [1.807, 2.05) is 6.92 Å². The van der Waals surface area contributed by atoms with E-state index in [1.165, 1.54) is 12.1 Å². The number of benzene rings is 1. The number of aryl methyl sites for hydroxylation is 1. The van der Waals surface area contributed by atoms with Crippen LogP contribution in [0.25, 0.3) is 0 Å². The highest BCUT2D eigenvalue weighted by Crippen LogP contribution is 2.13. The maximum Gasteiger partial charge on any atom is 0.341 e. The van der Waals surface area contributed by atoms with Crippen molar-refractivity contribution >= 4 is 16.1 Å². The van der Waals surface area contributed by atoms with Crippen molar-refractivity contribution < 1.29 is 17.4 Å². The lowest BCUT2D eigenvalue weighted by Crippen LogP contribution is -2.16. The van der Waals surface area contributed by atoms with Crippen LogP contribution >= 0.6 is 0 Å². The molecule has 1 rings (SSSR count). The van der Waals surface area contributed by atoms with Crippen molar-refractivity contribution in [3.8, 4) is 0 Å². The Balaban J connectivity index is 2.86. The van der Waals surface area contributed by atoms with Crippen molar-refractivity contribution in [3.63, 3.8) is 0 Å². The maximum atomic E-state index is 11.5. The van der Waals surface area contributed by atoms with Gasteiger partial charge in [-0.3, -0.25) is 4.79 Å². The Kier molecular flexibility index (Phi) is 4.03. The number of rotatable bonds is 4. The van der Waals surface area contributed by atoms with Gasteiger partial charge in [0.05, 0.1) is 6.42 Å². The van der Waals surface area contributed by atoms with Gasteiger partial charge in [0.1, 0.15) is 4.90 Å². The highest BCUT2D eigenvalue weighted by molar-refractivity contribution is 7.87. The second kappa shape index (κ2) is 5.09. The fourth-order valence-electron chi connectivity index (χ4n) is 1.03. The summed E-state index contributed by atoms with van der Waals surface area (Å²) in [6.07, 6.45) is -0.120. The third-order valence-corrected chi connectivity index (χ3v) is 3.12. The summed E-state index contributed by atoms with van der Waals surface area (Å²) in [5, 5.41) is 0. The first kappa shape index (κ1) is 12.7. The van der Waals surface area contributed by atoms with E-state index < -0.39 is 16.1 Å². The quantitative estimate of drug-likeness (QED) is 0.781. The van der Waals surface area contributed by atoms with E-state index in [0.717, 1.165) is 5.56 Å². The van der Waals surface area contributed by atoms with Gasteiger partial charge in [-0.05, 0) is 19.1 Å². The summed E-state index contributed by atoms with van der Waals surface area (Å²) in [4.78, 5) is 11.0. The molecule has 16 heavy (non-hydrogen) atoms. The van der Waals surface area contributed by atoms with E-state index in [1.54, 1.807) is 12.1 Å². The first-order chi connectivity index (χ1) is 7.45. The molecule has 2 N–H and O–H groups in total. The van der Waals surface area contributed by atoms with Crippen LogP contribution in [0.15, 0.2) is 29.2 Å². The molecule has 0 fully saturated rings. The number of carbonyl (C=O) groups is 1. The van der Waals surface area contributed by atoms with Crippen molar-refractivity contribution in [3.05, 3.63) is 29.8 Å². The molecule has 0 aliphatic rings. The number of hydrogen-bond acceptors (Lipinski definition) is 5. The fraction of sp³-hybridized carbons (Fsp3) is 0.300. The van der Waals surface area contributed by atoms with Crippen LogP contribution in [-0.2, 0) is 19.1 Å². The number of hydrogen-bond donors (Lipinski definition) is 1. The molecule has 1 aromatic rings. The molecule has 0 bridgehead atoms. The van der Waals surface area contributed by atoms with E-state index in [0.29, 0.717) is 0 Å². The summed E-state index contributed by atoms with van der Waals surface area (Å²) in [6.45, 7) is 1.89. The predicted octanol–water partition coefficient (Wildman–Crippen LogP) is 0.576. The molecule has 0 aromatic heterocycles. The maximum absolute atomic E-state index is 11.5. The molecular weight excluding hydrogens is 230 g/mol. The van der Waals surface area contributed by atoms with Crippen molar-refractivity contribution in [1.82, 2.24) is 0 Å². The van der Waals surface area contributed by atoms with Gasteiger partial charge < -0.3 is 9.92 Å². The van der Waals surface area contributed by atoms with Gasteiger partial charge in [0.25, 0.3) is 0 Å². The highest BCUT2D eigenvalue weighted by atomic mass is 32.2. The van der Waals surface area contributed by atoms with Crippen LogP contribution in [0, 0.1) is 6.92 Å². The zero-order valence-electron chi connectivity index (χ0n) is 8.84. The average molecular weight is 243 g/mol. The minimum absolute atomic E-state index is 0.0385. The summed E-state index contributed by atoms with van der Waals surface area (Å²) in [5.41, 5.74) is 6.03. The van der Waals surface area contributed by atoms with Gasteiger partial charge in [-0.15, -0.1) is 0 Å². The Morgan fingerprint density at radius 2 is 1.88 bits per heavy atom. The molecule has 0 saturated carbocycles. The standard InChI is InChI=1S/C10H13NO4S/c1-8-2-4-9(5-3-8)16(13,14)15-10(12)6-7-11/h2-5H,6-7,11H2,1H3. The molecule has 1 aromatic carbocycles. The molecule has 0 heterocycles. The topological polar surface area (TPSA) is 86.5 Å². The van der Waals surface area contributed by atoms with Crippen molar-refractivity contribution in [2.45, 2.75) is 18.2 Å². The monoisotopic (exact) mass is 243 g/mol. The Hall–Kier alpha value is -1.40. The predicted molar refractivity (Wildman–Crippen MR) is 58.1 cm³/mol. The van der Waals surface area contributed by atoms with Crippen LogP contribution in [0.5, 0.6) is 0 Å². The lowest BCUT2D eigenvalue weighted by molar-refractivity contribution is -0.133. The third kappa shape index (κ3) is 3.32. The van der Waals surface area contributed by atoms with Crippen molar-refractivity contribution in [2.75, 3.05) is 6.54 Å². The van der Waals surface area contributed by atoms with E-state index in [9.17, 15) is 13.2 Å². The number of nitrogens with two attached hydrogens (primary N) is 1. The summed E-state index contributed by atoms with van der Waals surface area (Å²) in [7, 11) is -4.00. The van der Waals surface area contributed by atoms with Crippen LogP contribution in [0.1, 0.15) is 12.0 Å². The molecule has 0 aliphatic carbocycles. The normalized spacial score (nSPS) is 11.1. The second-order valence-electron chi connectivity index (χ2n) is 3.26. The Bertz CT molecular complexity index is 464. The minimum Gasteiger partial charge on any atom is -0.342 e. The molecule has 0 aliphatic heterocycles. The summed E-state index contributed by atoms with van der Waals surface area (Å²) in [5.74, 6) is -0.844. The lowest BCUT2D eigenvalue weighted by atomic mass is 10.2. The molecule has 5 nitrogen and oxygen atoms in total. The smallest absolute Gasteiger partial charge is 0.341 e. The summed E-state index contributed by atoms with van der Waals surface area (Å²) < 4.78 is 27.4. The molecule has 0 unspecified atom stereocenters. The zero-order valence-corrected chi connectivity index (χ0v) is 9.66. The van der Waals surface area contributed by atoms with Gasteiger partial charge in [0, 0.05) is 6.54 Å². The van der Waals surface area contributed by atoms with E-state index in [-0.39, 0.29) is 17.9 Å². The molecule has 6 heteroatoms. The van der Waals surface area contributed by atoms with E-state index >= 15 is 0 Å². The Morgan fingerprint density at radius 3 is 2.38 bits per heavy atom. The minimum atomic E-state index is -4.00. The highest BCUT2D eigenvalue weighted by Gasteiger charge is 2.19. The zero-order chi connectivity index (χ0) is 12.2. The van der Waals surface area contributed by atoms with Crippen LogP contribution in [-0.4, -0.2) is 20.9 Å². The Labute approximate surface area is 94.3 Å². The van der Waals surface area contributed by atoms with Crippen molar-refractivity contribution in [2.24, 2.45) is 5.73 Å². The van der Waals surface area contributed by atoms with Gasteiger partial charge in [-0.2, -0.15) is 8.42 Å². The van der Waals surface area contributed by atoms with Gasteiger partial charge in [-0.25, -0.2) is 0 Å². The largest absolute Gasteiger partial charge is 0.342 e. The van der Waals surface area contributed by atoms with Gasteiger partial charge >= 0.3 is 16.1 Å². The van der Waals surface area contributed by atoms with Crippen LogP contribution in [0.4, 0.5) is 0 Å². The summed E-state index contributed by atoms with van der Waals surface area (Å²) in [6, 6.07) is 6.04. The van der Waals surface area contributed by atoms with Crippen LogP contribution in [0.2, 0.25) is 0 Å². The average Bonchev–Trinajstić information content (AvgIpc) is 2.17. The van der Waals surface area contributed by atoms with Gasteiger partial charge in [0.15, 0.2) is 0 Å². The molecule has 0 radical (unpaired) electrons. The molecular formula is C10H13NO4S. The van der Waals surface area contributed by atoms with Crippen molar-refractivity contribution in [1.29, 1.82) is 0 Å². The molecule has 0 atom stereocenters. The second-order valence-corrected chi connectivity index (χ2v) is 4.81. The molecule has 0 amide bonds. The van der Waals surface area contributed by atoms with Crippen LogP contribution < -0.4 is 5.73 Å². The number of carbonyl (C=O) groups excluding carboxylic acids is 1. The van der Waals surface area contributed by atoms with Gasteiger partial charge in [0.2, 0.25) is 0 Å². The van der Waals surface area contributed by atoms with Crippen LogP contribution in [0.3, 0.4) is 0 Å². The first-order valence-electron chi connectivity index (χ1n) is 4.70. The third-order valence-electron chi connectivity index (χ3n) is 1.86. The summed E-state index contributed by atoms with van der Waals surface area (Å²) >= 11 is 0. The fourth-order valence-corrected chi connectivity index (χ4v) is 1.93. The molecule has 0 saturated heterocycles.